The highest BCUT2D eigenvalue weighted by Crippen LogP contribution is 2.39. The Hall–Kier alpha value is -3.06. The average Bonchev–Trinajstić information content (AvgIpc) is 2.70. The molecule has 2 rings (SSSR count). The van der Waals surface area contributed by atoms with E-state index >= 15 is 0 Å². The molecular formula is C21H27NO6. The van der Waals surface area contributed by atoms with E-state index in [1.807, 2.05) is 6.08 Å². The molecule has 0 aliphatic rings. The highest BCUT2D eigenvalue weighted by Gasteiger charge is 2.16. The second-order valence-corrected chi connectivity index (χ2v) is 6.16. The van der Waals surface area contributed by atoms with Crippen LogP contribution in [0.5, 0.6) is 34.5 Å². The van der Waals surface area contributed by atoms with E-state index in [1.165, 1.54) is 28.4 Å². The maximum Gasteiger partial charge on any atom is 0.200 e. The van der Waals surface area contributed by atoms with Crippen LogP contribution in [0.4, 0.5) is 0 Å². The number of rotatable bonds is 10. The molecule has 0 saturated carbocycles. The van der Waals surface area contributed by atoms with Gasteiger partial charge in [-0.25, -0.2) is 0 Å². The summed E-state index contributed by atoms with van der Waals surface area (Å²) in [5.41, 5.74) is 1.82. The lowest BCUT2D eigenvalue weighted by molar-refractivity contribution is 0.281. The lowest BCUT2D eigenvalue weighted by Crippen LogP contribution is -2.23. The first-order valence-electron chi connectivity index (χ1n) is 8.68. The number of aromatic hydroxyl groups is 2. The largest absolute Gasteiger partial charge is 0.502 e. The summed E-state index contributed by atoms with van der Waals surface area (Å²) in [7, 11) is 5.98. The first kappa shape index (κ1) is 21.2. The number of phenols is 2. The van der Waals surface area contributed by atoms with Crippen LogP contribution in [0.2, 0.25) is 0 Å². The molecule has 0 heterocycles. The Kier molecular flexibility index (Phi) is 7.40. The summed E-state index contributed by atoms with van der Waals surface area (Å²) in [5.74, 6) is 1.33. The maximum absolute atomic E-state index is 10.1. The molecule has 0 aliphatic heterocycles. The Balaban J connectivity index is 2.31. The van der Waals surface area contributed by atoms with Crippen LogP contribution >= 0.6 is 0 Å². The summed E-state index contributed by atoms with van der Waals surface area (Å²) in [6.45, 7) is 5.57. The number of nitrogens with zero attached hydrogens (tertiary/aromatic N) is 1. The summed E-state index contributed by atoms with van der Waals surface area (Å²) >= 11 is 0. The summed E-state index contributed by atoms with van der Waals surface area (Å²) < 4.78 is 20.9. The van der Waals surface area contributed by atoms with E-state index in [9.17, 15) is 10.2 Å². The minimum Gasteiger partial charge on any atom is -0.502 e. The number of hydrogen-bond acceptors (Lipinski definition) is 7. The lowest BCUT2D eigenvalue weighted by atomic mass is 10.1. The summed E-state index contributed by atoms with van der Waals surface area (Å²) in [4.78, 5) is 2.13. The quantitative estimate of drug-likeness (QED) is 0.603. The van der Waals surface area contributed by atoms with Gasteiger partial charge >= 0.3 is 0 Å². The van der Waals surface area contributed by atoms with Crippen molar-refractivity contribution in [2.45, 2.75) is 13.1 Å². The Morgan fingerprint density at radius 2 is 1.07 bits per heavy atom. The summed E-state index contributed by atoms with van der Waals surface area (Å²) in [6.07, 6.45) is 1.81. The van der Waals surface area contributed by atoms with Crippen LogP contribution in [0, 0.1) is 0 Å². The standard InChI is InChI=1S/C21H27NO6/c1-6-7-22(12-14-8-16(25-2)20(23)17(9-14)26-3)13-15-10-18(27-4)21(24)19(11-15)28-5/h6,8-11,23-24H,1,7,12-13H2,2-5H3. The molecule has 0 fully saturated rings. The molecule has 0 spiro atoms. The molecule has 0 aliphatic carbocycles. The van der Waals surface area contributed by atoms with Crippen LogP contribution in [0.1, 0.15) is 11.1 Å². The minimum absolute atomic E-state index is 0.0305. The van der Waals surface area contributed by atoms with Crippen molar-refractivity contribution in [1.82, 2.24) is 4.90 Å². The van der Waals surface area contributed by atoms with Gasteiger partial charge in [0.25, 0.3) is 0 Å². The molecule has 2 N–H and O–H groups in total. The fourth-order valence-corrected chi connectivity index (χ4v) is 2.96. The van der Waals surface area contributed by atoms with E-state index in [0.717, 1.165) is 11.1 Å². The van der Waals surface area contributed by atoms with Gasteiger partial charge in [0, 0.05) is 19.6 Å². The van der Waals surface area contributed by atoms with Crippen LogP contribution < -0.4 is 18.9 Å². The molecule has 0 amide bonds. The average molecular weight is 389 g/mol. The second-order valence-electron chi connectivity index (χ2n) is 6.16. The predicted octanol–water partition coefficient (Wildman–Crippen LogP) is 3.32. The number of phenolic OH excluding ortho intramolecular Hbond substituents is 2. The highest BCUT2D eigenvalue weighted by molar-refractivity contribution is 5.53. The topological polar surface area (TPSA) is 80.6 Å². The van der Waals surface area contributed by atoms with Gasteiger partial charge in [0.15, 0.2) is 23.0 Å². The fourth-order valence-electron chi connectivity index (χ4n) is 2.96. The monoisotopic (exact) mass is 389 g/mol. The number of benzene rings is 2. The first-order valence-corrected chi connectivity index (χ1v) is 8.68. The fraction of sp³-hybridized carbons (Fsp3) is 0.333. The summed E-state index contributed by atoms with van der Waals surface area (Å²) in [6, 6.07) is 7.08. The third-order valence-electron chi connectivity index (χ3n) is 4.28. The molecule has 0 saturated heterocycles. The van der Waals surface area contributed by atoms with Gasteiger partial charge in [-0.15, -0.1) is 6.58 Å². The third-order valence-corrected chi connectivity index (χ3v) is 4.28. The molecule has 0 unspecified atom stereocenters. The highest BCUT2D eigenvalue weighted by atomic mass is 16.5. The van der Waals surface area contributed by atoms with E-state index in [2.05, 4.69) is 11.5 Å². The molecule has 152 valence electrons. The first-order chi connectivity index (χ1) is 13.5. The van der Waals surface area contributed by atoms with Crippen LogP contribution in [0.15, 0.2) is 36.9 Å². The van der Waals surface area contributed by atoms with Gasteiger partial charge in [0.1, 0.15) is 0 Å². The molecule has 7 nitrogen and oxygen atoms in total. The van der Waals surface area contributed by atoms with E-state index in [1.54, 1.807) is 24.3 Å². The normalized spacial score (nSPS) is 10.6. The third kappa shape index (κ3) is 4.80. The lowest BCUT2D eigenvalue weighted by Gasteiger charge is -2.22. The minimum atomic E-state index is -0.0305. The smallest absolute Gasteiger partial charge is 0.200 e. The summed E-state index contributed by atoms with van der Waals surface area (Å²) in [5, 5.41) is 20.2. The van der Waals surface area contributed by atoms with Crippen molar-refractivity contribution in [2.75, 3.05) is 35.0 Å². The molecule has 0 radical (unpaired) electrons. The number of hydrogen-bond donors (Lipinski definition) is 2. The SMILES string of the molecule is C=CCN(Cc1cc(OC)c(O)c(OC)c1)Cc1cc(OC)c(O)c(OC)c1. The van der Waals surface area contributed by atoms with Gasteiger partial charge in [-0.1, -0.05) is 6.08 Å². The Morgan fingerprint density at radius 3 is 1.32 bits per heavy atom. The molecule has 2 aromatic rings. The van der Waals surface area contributed by atoms with Crippen LogP contribution in [0.3, 0.4) is 0 Å². The molecule has 0 aromatic heterocycles. The van der Waals surface area contributed by atoms with Crippen LogP contribution in [-0.2, 0) is 13.1 Å². The van der Waals surface area contributed by atoms with E-state index < -0.39 is 0 Å². The maximum atomic E-state index is 10.1. The van der Waals surface area contributed by atoms with Crippen molar-refractivity contribution in [3.05, 3.63) is 48.0 Å². The molecule has 0 atom stereocenters. The Bertz CT molecular complexity index is 707. The van der Waals surface area contributed by atoms with Crippen LogP contribution in [0.25, 0.3) is 0 Å². The van der Waals surface area contributed by atoms with E-state index in [4.69, 9.17) is 18.9 Å². The molecule has 0 bridgehead atoms. The van der Waals surface area contributed by atoms with Crippen molar-refractivity contribution in [2.24, 2.45) is 0 Å². The van der Waals surface area contributed by atoms with Crippen LogP contribution in [-0.4, -0.2) is 50.1 Å². The zero-order valence-electron chi connectivity index (χ0n) is 16.7. The molecular weight excluding hydrogens is 362 g/mol. The van der Waals surface area contributed by atoms with Crippen molar-refractivity contribution in [3.8, 4) is 34.5 Å². The van der Waals surface area contributed by atoms with E-state index in [-0.39, 0.29) is 11.5 Å². The van der Waals surface area contributed by atoms with Crippen molar-refractivity contribution in [3.63, 3.8) is 0 Å². The molecule has 28 heavy (non-hydrogen) atoms. The number of methoxy groups -OCH3 is 4. The van der Waals surface area contributed by atoms with Crippen molar-refractivity contribution >= 4 is 0 Å². The van der Waals surface area contributed by atoms with Gasteiger partial charge in [0.05, 0.1) is 28.4 Å². The molecule has 2 aromatic carbocycles. The van der Waals surface area contributed by atoms with Crippen molar-refractivity contribution in [1.29, 1.82) is 0 Å². The van der Waals surface area contributed by atoms with Gasteiger partial charge < -0.3 is 29.2 Å². The Labute approximate surface area is 165 Å². The second kappa shape index (κ2) is 9.75. The predicted molar refractivity (Wildman–Crippen MR) is 107 cm³/mol. The van der Waals surface area contributed by atoms with Gasteiger partial charge in [-0.3, -0.25) is 4.90 Å². The van der Waals surface area contributed by atoms with Crippen molar-refractivity contribution < 1.29 is 29.2 Å². The molecule has 7 heteroatoms. The van der Waals surface area contributed by atoms with E-state index in [0.29, 0.717) is 42.6 Å². The van der Waals surface area contributed by atoms with Gasteiger partial charge in [0.2, 0.25) is 11.5 Å². The number of ether oxygens (including phenoxy) is 4. The zero-order valence-corrected chi connectivity index (χ0v) is 16.7. The zero-order chi connectivity index (χ0) is 20.7. The van der Waals surface area contributed by atoms with Gasteiger partial charge in [-0.05, 0) is 35.4 Å². The Morgan fingerprint density at radius 1 is 0.750 bits per heavy atom. The van der Waals surface area contributed by atoms with Gasteiger partial charge in [-0.2, -0.15) is 0 Å².